The molecule has 0 radical (unpaired) electrons. The highest BCUT2D eigenvalue weighted by molar-refractivity contribution is 5.76. The molecule has 0 fully saturated rings. The molecule has 3 aromatic rings. The number of rotatable bonds is 4. The van der Waals surface area contributed by atoms with Crippen molar-refractivity contribution in [3.8, 4) is 17.3 Å². The SMILES string of the molecule is Cn1ccc(Nc2nccc(-c3cc(C#N)c4c(c3)[C@@](C)(CO)CN4)n2)n1. The van der Waals surface area contributed by atoms with Crippen molar-refractivity contribution in [1.82, 2.24) is 19.7 Å². The molecule has 0 unspecified atom stereocenters. The Balaban J connectivity index is 1.75. The second-order valence-corrected chi connectivity index (χ2v) is 6.90. The van der Waals surface area contributed by atoms with Crippen LogP contribution in [0.1, 0.15) is 18.1 Å². The summed E-state index contributed by atoms with van der Waals surface area (Å²) in [6.07, 6.45) is 3.49. The number of aliphatic hydroxyl groups is 1. The van der Waals surface area contributed by atoms with Gasteiger partial charge < -0.3 is 15.7 Å². The average Bonchev–Trinajstić information content (AvgIpc) is 3.25. The molecule has 8 heteroatoms. The van der Waals surface area contributed by atoms with E-state index in [0.29, 0.717) is 29.6 Å². The van der Waals surface area contributed by atoms with Crippen LogP contribution in [0.25, 0.3) is 11.3 Å². The Morgan fingerprint density at radius 2 is 2.26 bits per heavy atom. The smallest absolute Gasteiger partial charge is 0.228 e. The van der Waals surface area contributed by atoms with E-state index >= 15 is 0 Å². The Bertz CT molecular complexity index is 1050. The number of nitriles is 1. The van der Waals surface area contributed by atoms with E-state index in [1.54, 1.807) is 16.9 Å². The fourth-order valence-corrected chi connectivity index (χ4v) is 3.24. The Hall–Kier alpha value is -3.44. The van der Waals surface area contributed by atoms with Gasteiger partial charge >= 0.3 is 0 Å². The first-order valence-corrected chi connectivity index (χ1v) is 8.56. The Morgan fingerprint density at radius 3 is 2.96 bits per heavy atom. The number of aliphatic hydroxyl groups excluding tert-OH is 1. The number of nitrogens with zero attached hydrogens (tertiary/aromatic N) is 5. The molecule has 27 heavy (non-hydrogen) atoms. The van der Waals surface area contributed by atoms with Gasteiger partial charge in [0.1, 0.15) is 6.07 Å². The van der Waals surface area contributed by atoms with Crippen LogP contribution in [0.3, 0.4) is 0 Å². The van der Waals surface area contributed by atoms with Crippen molar-refractivity contribution in [1.29, 1.82) is 5.26 Å². The van der Waals surface area contributed by atoms with E-state index in [4.69, 9.17) is 0 Å². The third-order valence-corrected chi connectivity index (χ3v) is 4.82. The normalized spacial score (nSPS) is 17.9. The highest BCUT2D eigenvalue weighted by Gasteiger charge is 2.35. The fraction of sp³-hybridized carbons (Fsp3) is 0.263. The number of anilines is 3. The van der Waals surface area contributed by atoms with E-state index in [-0.39, 0.29) is 6.61 Å². The van der Waals surface area contributed by atoms with Crippen molar-refractivity contribution in [2.24, 2.45) is 7.05 Å². The maximum atomic E-state index is 9.84. The maximum Gasteiger partial charge on any atom is 0.228 e. The van der Waals surface area contributed by atoms with Crippen LogP contribution in [-0.2, 0) is 12.5 Å². The zero-order valence-corrected chi connectivity index (χ0v) is 15.1. The van der Waals surface area contributed by atoms with E-state index in [9.17, 15) is 10.4 Å². The van der Waals surface area contributed by atoms with Crippen molar-refractivity contribution >= 4 is 17.5 Å². The van der Waals surface area contributed by atoms with Crippen LogP contribution in [0.5, 0.6) is 0 Å². The van der Waals surface area contributed by atoms with Crippen LogP contribution < -0.4 is 10.6 Å². The molecule has 3 heterocycles. The summed E-state index contributed by atoms with van der Waals surface area (Å²) in [6, 6.07) is 9.66. The first-order chi connectivity index (χ1) is 13.0. The minimum Gasteiger partial charge on any atom is -0.395 e. The molecule has 0 spiro atoms. The molecule has 0 saturated heterocycles. The third-order valence-electron chi connectivity index (χ3n) is 4.82. The maximum absolute atomic E-state index is 9.84. The summed E-state index contributed by atoms with van der Waals surface area (Å²) in [4.78, 5) is 8.80. The Kier molecular flexibility index (Phi) is 4.01. The Labute approximate surface area is 156 Å². The first-order valence-electron chi connectivity index (χ1n) is 8.56. The van der Waals surface area contributed by atoms with E-state index in [1.807, 2.05) is 38.4 Å². The van der Waals surface area contributed by atoms with Gasteiger partial charge in [-0.2, -0.15) is 10.4 Å². The van der Waals surface area contributed by atoms with E-state index in [0.717, 1.165) is 16.8 Å². The number of hydrogen-bond acceptors (Lipinski definition) is 7. The number of hydrogen-bond donors (Lipinski definition) is 3. The van der Waals surface area contributed by atoms with E-state index in [1.165, 1.54) is 0 Å². The molecule has 3 N–H and O–H groups in total. The third kappa shape index (κ3) is 2.98. The van der Waals surface area contributed by atoms with Crippen LogP contribution in [-0.4, -0.2) is 38.0 Å². The van der Waals surface area contributed by atoms with Crippen LogP contribution in [0.4, 0.5) is 17.5 Å². The summed E-state index contributed by atoms with van der Waals surface area (Å²) in [5.41, 5.74) is 3.32. The topological polar surface area (TPSA) is 112 Å². The number of aromatic nitrogens is 4. The van der Waals surface area contributed by atoms with Gasteiger partial charge in [0.25, 0.3) is 0 Å². The van der Waals surface area contributed by atoms with E-state index in [2.05, 4.69) is 31.8 Å². The molecule has 1 atom stereocenters. The van der Waals surface area contributed by atoms with Gasteiger partial charge in [-0.1, -0.05) is 6.92 Å². The number of fused-ring (bicyclic) bond motifs is 1. The van der Waals surface area contributed by atoms with E-state index < -0.39 is 5.41 Å². The lowest BCUT2D eigenvalue weighted by Gasteiger charge is -2.21. The van der Waals surface area contributed by atoms with Crippen molar-refractivity contribution < 1.29 is 5.11 Å². The largest absolute Gasteiger partial charge is 0.395 e. The summed E-state index contributed by atoms with van der Waals surface area (Å²) in [5.74, 6) is 1.08. The van der Waals surface area contributed by atoms with Crippen LogP contribution in [0.15, 0.2) is 36.7 Å². The summed E-state index contributed by atoms with van der Waals surface area (Å²) in [6.45, 7) is 2.57. The average molecular weight is 361 g/mol. The van der Waals surface area contributed by atoms with Gasteiger partial charge in [-0.25, -0.2) is 9.97 Å². The van der Waals surface area contributed by atoms with Crippen molar-refractivity contribution in [3.05, 3.63) is 47.8 Å². The summed E-state index contributed by atoms with van der Waals surface area (Å²) in [7, 11) is 1.84. The predicted octanol–water partition coefficient (Wildman–Crippen LogP) is 2.17. The first kappa shape index (κ1) is 17.0. The minimum absolute atomic E-state index is 0.00240. The second-order valence-electron chi connectivity index (χ2n) is 6.90. The molecule has 1 aliphatic rings. The highest BCUT2D eigenvalue weighted by Crippen LogP contribution is 2.41. The molecule has 0 saturated carbocycles. The summed E-state index contributed by atoms with van der Waals surface area (Å²) < 4.78 is 1.69. The minimum atomic E-state index is -0.432. The van der Waals surface area contributed by atoms with Gasteiger partial charge in [0.15, 0.2) is 5.82 Å². The molecule has 1 aromatic carbocycles. The fourth-order valence-electron chi connectivity index (χ4n) is 3.24. The molecule has 0 bridgehead atoms. The van der Waals surface area contributed by atoms with Crippen LogP contribution in [0, 0.1) is 11.3 Å². The van der Waals surface area contributed by atoms with Crippen LogP contribution in [0.2, 0.25) is 0 Å². The molecule has 0 aliphatic carbocycles. The predicted molar refractivity (Wildman–Crippen MR) is 102 cm³/mol. The van der Waals surface area contributed by atoms with Gasteiger partial charge in [-0.05, 0) is 23.8 Å². The zero-order chi connectivity index (χ0) is 19.0. The highest BCUT2D eigenvalue weighted by atomic mass is 16.3. The van der Waals surface area contributed by atoms with Crippen molar-refractivity contribution in [3.63, 3.8) is 0 Å². The molecule has 2 aromatic heterocycles. The lowest BCUT2D eigenvalue weighted by molar-refractivity contribution is 0.219. The lowest BCUT2D eigenvalue weighted by Crippen LogP contribution is -2.28. The summed E-state index contributed by atoms with van der Waals surface area (Å²) in [5, 5.41) is 30.0. The molecule has 8 nitrogen and oxygen atoms in total. The van der Waals surface area contributed by atoms with Gasteiger partial charge in [-0.15, -0.1) is 0 Å². The molecule has 0 amide bonds. The monoisotopic (exact) mass is 361 g/mol. The second kappa shape index (κ2) is 6.37. The van der Waals surface area contributed by atoms with Gasteiger partial charge in [0, 0.05) is 43.0 Å². The standard InChI is InChI=1S/C19H19N7O/c1-19(11-27)10-22-17-13(9-20)7-12(8-14(17)19)15-3-5-21-18(23-15)24-16-4-6-26(2)25-16/h3-8,22,27H,10-11H2,1-2H3,(H,21,23,24,25)/t19-/m1/s1. The summed E-state index contributed by atoms with van der Waals surface area (Å²) >= 11 is 0. The van der Waals surface area contributed by atoms with Gasteiger partial charge in [0.2, 0.25) is 5.95 Å². The van der Waals surface area contributed by atoms with Crippen molar-refractivity contribution in [2.75, 3.05) is 23.8 Å². The van der Waals surface area contributed by atoms with Gasteiger partial charge in [0.05, 0.1) is 23.6 Å². The van der Waals surface area contributed by atoms with Crippen molar-refractivity contribution in [2.45, 2.75) is 12.3 Å². The Morgan fingerprint density at radius 1 is 1.41 bits per heavy atom. The molecular formula is C19H19N7O. The van der Waals surface area contributed by atoms with Gasteiger partial charge in [-0.3, -0.25) is 4.68 Å². The number of aryl methyl sites for hydroxylation is 1. The zero-order valence-electron chi connectivity index (χ0n) is 15.1. The molecule has 136 valence electrons. The number of benzene rings is 1. The number of nitrogens with one attached hydrogen (secondary N) is 2. The quantitative estimate of drug-likeness (QED) is 0.653. The molecular weight excluding hydrogens is 342 g/mol. The lowest BCUT2D eigenvalue weighted by atomic mass is 9.83. The van der Waals surface area contributed by atoms with Crippen LogP contribution >= 0.6 is 0 Å². The molecule has 4 rings (SSSR count). The molecule has 1 aliphatic heterocycles.